The summed E-state index contributed by atoms with van der Waals surface area (Å²) in [6.45, 7) is 2.21. The third-order valence-electron chi connectivity index (χ3n) is 4.82. The third-order valence-corrected chi connectivity index (χ3v) is 6.09. The van der Waals surface area contributed by atoms with Crippen LogP contribution in [0.25, 0.3) is 0 Å². The van der Waals surface area contributed by atoms with E-state index in [4.69, 9.17) is 0 Å². The standard InChI is InChI=1S/C18H22F2N4O3S/c1-12-9-21-24(11-14-8-15(19)5-6-16(14)20)17(12)22-18(25)13-4-3-7-23(10-13)28(2,26)27/h5-6,8-9,13H,3-4,7,10-11H2,1-2H3,(H,22,25). The van der Waals surface area contributed by atoms with Gasteiger partial charge in [0.25, 0.3) is 0 Å². The molecule has 152 valence electrons. The number of piperidine rings is 1. The van der Waals surface area contributed by atoms with Crippen molar-refractivity contribution in [3.63, 3.8) is 0 Å². The highest BCUT2D eigenvalue weighted by Gasteiger charge is 2.30. The molecule has 0 radical (unpaired) electrons. The predicted molar refractivity (Wildman–Crippen MR) is 100 cm³/mol. The average Bonchev–Trinajstić information content (AvgIpc) is 2.97. The smallest absolute Gasteiger partial charge is 0.229 e. The zero-order chi connectivity index (χ0) is 20.5. The highest BCUT2D eigenvalue weighted by Crippen LogP contribution is 2.23. The van der Waals surface area contributed by atoms with Crippen LogP contribution >= 0.6 is 0 Å². The Balaban J connectivity index is 1.77. The van der Waals surface area contributed by atoms with E-state index in [1.165, 1.54) is 15.2 Å². The zero-order valence-electron chi connectivity index (χ0n) is 15.7. The van der Waals surface area contributed by atoms with E-state index in [1.54, 1.807) is 6.92 Å². The minimum absolute atomic E-state index is 0.0484. The zero-order valence-corrected chi connectivity index (χ0v) is 16.5. The van der Waals surface area contributed by atoms with Gasteiger partial charge in [0.1, 0.15) is 17.5 Å². The fourth-order valence-corrected chi connectivity index (χ4v) is 4.18. The number of sulfonamides is 1. The van der Waals surface area contributed by atoms with Crippen molar-refractivity contribution in [1.29, 1.82) is 0 Å². The van der Waals surface area contributed by atoms with Crippen LogP contribution < -0.4 is 5.32 Å². The Morgan fingerprint density at radius 3 is 2.82 bits per heavy atom. The van der Waals surface area contributed by atoms with Gasteiger partial charge in [-0.2, -0.15) is 5.10 Å². The topological polar surface area (TPSA) is 84.3 Å². The monoisotopic (exact) mass is 412 g/mol. The molecule has 1 aromatic carbocycles. The lowest BCUT2D eigenvalue weighted by molar-refractivity contribution is -0.120. The second kappa shape index (κ2) is 7.96. The molecule has 1 N–H and O–H groups in total. The van der Waals surface area contributed by atoms with E-state index in [9.17, 15) is 22.0 Å². The molecule has 10 heteroatoms. The fourth-order valence-electron chi connectivity index (χ4n) is 3.26. The van der Waals surface area contributed by atoms with Gasteiger partial charge in [-0.3, -0.25) is 4.79 Å². The molecular formula is C18H22F2N4O3S. The largest absolute Gasteiger partial charge is 0.310 e. The maximum Gasteiger partial charge on any atom is 0.229 e. The minimum atomic E-state index is -3.36. The van der Waals surface area contributed by atoms with E-state index < -0.39 is 27.6 Å². The molecule has 28 heavy (non-hydrogen) atoms. The maximum atomic E-state index is 13.9. The number of aryl methyl sites for hydroxylation is 1. The van der Waals surface area contributed by atoms with Crippen molar-refractivity contribution in [2.75, 3.05) is 24.7 Å². The van der Waals surface area contributed by atoms with Crippen molar-refractivity contribution in [2.24, 2.45) is 5.92 Å². The number of aromatic nitrogens is 2. The molecule has 1 aromatic heterocycles. The normalized spacial score (nSPS) is 18.2. The van der Waals surface area contributed by atoms with Gasteiger partial charge in [-0.1, -0.05) is 0 Å². The summed E-state index contributed by atoms with van der Waals surface area (Å²) in [7, 11) is -3.36. The number of halogens is 2. The summed E-state index contributed by atoms with van der Waals surface area (Å²) in [5, 5.41) is 6.92. The molecule has 1 saturated heterocycles. The van der Waals surface area contributed by atoms with Crippen LogP contribution in [-0.2, 0) is 21.4 Å². The molecule has 1 fully saturated rings. The number of carbonyl (C=O) groups is 1. The highest BCUT2D eigenvalue weighted by molar-refractivity contribution is 7.88. The van der Waals surface area contributed by atoms with Gasteiger partial charge < -0.3 is 5.32 Å². The minimum Gasteiger partial charge on any atom is -0.310 e. The van der Waals surface area contributed by atoms with Crippen molar-refractivity contribution in [3.8, 4) is 0 Å². The molecule has 0 spiro atoms. The van der Waals surface area contributed by atoms with E-state index in [0.717, 1.165) is 24.5 Å². The number of carbonyl (C=O) groups excluding carboxylic acids is 1. The number of hydrogen-bond acceptors (Lipinski definition) is 4. The van der Waals surface area contributed by atoms with Gasteiger partial charge >= 0.3 is 0 Å². The number of nitrogens with one attached hydrogen (secondary N) is 1. The number of benzene rings is 1. The first-order valence-electron chi connectivity index (χ1n) is 8.87. The summed E-state index contributed by atoms with van der Waals surface area (Å²) in [5.41, 5.74) is 0.778. The maximum absolute atomic E-state index is 13.9. The molecule has 2 heterocycles. The van der Waals surface area contributed by atoms with Gasteiger partial charge in [-0.05, 0) is 38.0 Å². The van der Waals surface area contributed by atoms with Gasteiger partial charge in [-0.25, -0.2) is 26.2 Å². The lowest BCUT2D eigenvalue weighted by Gasteiger charge is -2.30. The third kappa shape index (κ3) is 4.56. The highest BCUT2D eigenvalue weighted by atomic mass is 32.2. The van der Waals surface area contributed by atoms with Crippen molar-refractivity contribution in [1.82, 2.24) is 14.1 Å². The summed E-state index contributed by atoms with van der Waals surface area (Å²) in [6.07, 6.45) is 3.82. The predicted octanol–water partition coefficient (Wildman–Crippen LogP) is 2.13. The summed E-state index contributed by atoms with van der Waals surface area (Å²) in [6, 6.07) is 3.16. The van der Waals surface area contributed by atoms with E-state index >= 15 is 0 Å². The number of anilines is 1. The molecule has 1 unspecified atom stereocenters. The second-order valence-corrected chi connectivity index (χ2v) is 9.00. The van der Waals surface area contributed by atoms with Crippen LogP contribution in [0.15, 0.2) is 24.4 Å². The van der Waals surface area contributed by atoms with Crippen LogP contribution in [0.1, 0.15) is 24.0 Å². The Labute approximate surface area is 162 Å². The number of nitrogens with zero attached hydrogens (tertiary/aromatic N) is 3. The number of rotatable bonds is 5. The summed E-state index contributed by atoms with van der Waals surface area (Å²) in [5.74, 6) is -1.56. The fraction of sp³-hybridized carbons (Fsp3) is 0.444. The van der Waals surface area contributed by atoms with Crippen LogP contribution in [0.2, 0.25) is 0 Å². The van der Waals surface area contributed by atoms with Gasteiger partial charge in [-0.15, -0.1) is 0 Å². The Hall–Kier alpha value is -2.33. The molecule has 1 aliphatic rings. The van der Waals surface area contributed by atoms with Crippen LogP contribution in [0, 0.1) is 24.5 Å². The molecule has 2 aromatic rings. The van der Waals surface area contributed by atoms with Crippen molar-refractivity contribution >= 4 is 21.7 Å². The van der Waals surface area contributed by atoms with Crippen molar-refractivity contribution in [3.05, 3.63) is 47.2 Å². The van der Waals surface area contributed by atoms with E-state index in [-0.39, 0.29) is 24.6 Å². The summed E-state index contributed by atoms with van der Waals surface area (Å²) >= 11 is 0. The van der Waals surface area contributed by atoms with Crippen LogP contribution in [0.4, 0.5) is 14.6 Å². The Morgan fingerprint density at radius 1 is 1.36 bits per heavy atom. The van der Waals surface area contributed by atoms with E-state index in [2.05, 4.69) is 10.4 Å². The Bertz CT molecular complexity index is 991. The van der Waals surface area contributed by atoms with E-state index in [0.29, 0.717) is 30.8 Å². The van der Waals surface area contributed by atoms with E-state index in [1.807, 2.05) is 0 Å². The molecular weight excluding hydrogens is 390 g/mol. The van der Waals surface area contributed by atoms with Gasteiger partial charge in [0, 0.05) is 24.2 Å². The van der Waals surface area contributed by atoms with Gasteiger partial charge in [0.2, 0.25) is 15.9 Å². The molecule has 1 aliphatic heterocycles. The first-order chi connectivity index (χ1) is 13.1. The first kappa shape index (κ1) is 20.4. The van der Waals surface area contributed by atoms with Crippen molar-refractivity contribution < 1.29 is 22.0 Å². The molecule has 1 amide bonds. The SMILES string of the molecule is Cc1cnn(Cc2cc(F)ccc2F)c1NC(=O)C1CCCN(S(C)(=O)=O)C1. The lowest BCUT2D eigenvalue weighted by Crippen LogP contribution is -2.43. The lowest BCUT2D eigenvalue weighted by atomic mass is 9.99. The quantitative estimate of drug-likeness (QED) is 0.815. The molecule has 1 atom stereocenters. The average molecular weight is 412 g/mol. The second-order valence-electron chi connectivity index (χ2n) is 7.02. The number of hydrogen-bond donors (Lipinski definition) is 1. The number of amides is 1. The van der Waals surface area contributed by atoms with Crippen LogP contribution in [0.5, 0.6) is 0 Å². The molecule has 7 nitrogen and oxygen atoms in total. The molecule has 0 aliphatic carbocycles. The Morgan fingerprint density at radius 2 is 2.11 bits per heavy atom. The molecule has 0 saturated carbocycles. The summed E-state index contributed by atoms with van der Waals surface area (Å²) < 4.78 is 53.6. The molecule has 3 rings (SSSR count). The van der Waals surface area contributed by atoms with Crippen LogP contribution in [0.3, 0.4) is 0 Å². The first-order valence-corrected chi connectivity index (χ1v) is 10.7. The summed E-state index contributed by atoms with van der Waals surface area (Å²) in [4.78, 5) is 12.7. The van der Waals surface area contributed by atoms with Gasteiger partial charge in [0.15, 0.2) is 0 Å². The Kier molecular flexibility index (Phi) is 5.80. The van der Waals surface area contributed by atoms with Crippen LogP contribution in [-0.4, -0.2) is 47.8 Å². The van der Waals surface area contributed by atoms with Crippen molar-refractivity contribution in [2.45, 2.75) is 26.3 Å². The molecule has 0 bridgehead atoms. The van der Waals surface area contributed by atoms with Gasteiger partial charge in [0.05, 0.1) is 24.9 Å².